The molecule has 0 aliphatic carbocycles. The summed E-state index contributed by atoms with van der Waals surface area (Å²) < 4.78 is 0. The number of nitrogens with zero attached hydrogens (tertiary/aromatic N) is 3. The number of carbonyl (C=O) groups is 1. The minimum atomic E-state index is -0.202. The zero-order chi connectivity index (χ0) is 20.5. The van der Waals surface area contributed by atoms with Crippen LogP contribution in [-0.2, 0) is 11.3 Å². The number of anilines is 1. The Bertz CT molecular complexity index is 658. The zero-order valence-corrected chi connectivity index (χ0v) is 20.3. The molecule has 0 bridgehead atoms. The van der Waals surface area contributed by atoms with E-state index in [1.54, 1.807) is 6.20 Å². The first-order chi connectivity index (χ1) is 13.4. The van der Waals surface area contributed by atoms with Gasteiger partial charge in [-0.3, -0.25) is 4.79 Å². The first-order valence-corrected chi connectivity index (χ1v) is 10.4. The number of hydrogen-bond donors (Lipinski definition) is 3. The number of carbonyl (C=O) groups excluding carboxylic acids is 1. The summed E-state index contributed by atoms with van der Waals surface area (Å²) in [6.07, 6.45) is 6.84. The number of amides is 1. The number of halogens is 1. The fourth-order valence-corrected chi connectivity index (χ4v) is 3.59. The van der Waals surface area contributed by atoms with E-state index in [1.165, 1.54) is 12.8 Å². The van der Waals surface area contributed by atoms with E-state index in [0.29, 0.717) is 18.5 Å². The maximum Gasteiger partial charge on any atom is 0.220 e. The van der Waals surface area contributed by atoms with Gasteiger partial charge in [0.25, 0.3) is 0 Å². The molecule has 29 heavy (non-hydrogen) atoms. The van der Waals surface area contributed by atoms with Gasteiger partial charge < -0.3 is 21.7 Å². The Balaban J connectivity index is 0.00000420. The molecule has 2 rings (SSSR count). The quantitative estimate of drug-likeness (QED) is 0.266. The molecule has 164 valence electrons. The fourth-order valence-electron chi connectivity index (χ4n) is 3.59. The minimum Gasteiger partial charge on any atom is -0.370 e. The number of primary amides is 1. The van der Waals surface area contributed by atoms with E-state index >= 15 is 0 Å². The molecular formula is C21H37IN6O. The molecule has 0 aromatic carbocycles. The normalized spacial score (nSPS) is 16.4. The third-order valence-corrected chi connectivity index (χ3v) is 5.30. The second-order valence-corrected chi connectivity index (χ2v) is 8.22. The Labute approximate surface area is 192 Å². The standard InChI is InChI=1S/C21H36N6O.HI/c1-15(2)6-4-7-16(3)26-21(23)25-14-18-8-5-11-24-20(18)27-12-9-17(10-13-27)19(22)28;/h5,8,11,15-17H,4,6-7,9-10,12-14H2,1-3H3,(H2,22,28)(H3,23,25,26);1H. The molecule has 0 radical (unpaired) electrons. The largest absolute Gasteiger partial charge is 0.370 e. The summed E-state index contributed by atoms with van der Waals surface area (Å²) in [5.74, 6) is 1.90. The summed E-state index contributed by atoms with van der Waals surface area (Å²) in [6, 6.07) is 4.26. The Hall–Kier alpha value is -1.58. The first kappa shape index (κ1) is 25.5. The molecule has 1 amide bonds. The summed E-state index contributed by atoms with van der Waals surface area (Å²) in [7, 11) is 0. The van der Waals surface area contributed by atoms with Crippen LogP contribution in [0.3, 0.4) is 0 Å². The number of aliphatic imine (C=N–C) groups is 1. The lowest BCUT2D eigenvalue weighted by Crippen LogP contribution is -2.39. The maximum absolute atomic E-state index is 11.4. The molecule has 7 nitrogen and oxygen atoms in total. The van der Waals surface area contributed by atoms with Crippen LogP contribution in [0.5, 0.6) is 0 Å². The predicted molar refractivity (Wildman–Crippen MR) is 130 cm³/mol. The van der Waals surface area contributed by atoms with Crippen LogP contribution in [0.4, 0.5) is 5.82 Å². The van der Waals surface area contributed by atoms with Crippen LogP contribution >= 0.6 is 24.0 Å². The number of pyridine rings is 1. The highest BCUT2D eigenvalue weighted by Crippen LogP contribution is 2.24. The lowest BCUT2D eigenvalue weighted by Gasteiger charge is -2.32. The van der Waals surface area contributed by atoms with E-state index in [1.807, 2.05) is 12.1 Å². The number of aromatic nitrogens is 1. The Morgan fingerprint density at radius 1 is 1.28 bits per heavy atom. The number of rotatable bonds is 9. The van der Waals surface area contributed by atoms with Crippen LogP contribution in [0, 0.1) is 11.8 Å². The van der Waals surface area contributed by atoms with E-state index in [9.17, 15) is 4.79 Å². The van der Waals surface area contributed by atoms with Gasteiger partial charge in [-0.2, -0.15) is 0 Å². The Morgan fingerprint density at radius 2 is 1.97 bits per heavy atom. The number of piperidine rings is 1. The number of nitrogens with two attached hydrogens (primary N) is 2. The van der Waals surface area contributed by atoms with Crippen molar-refractivity contribution in [1.29, 1.82) is 0 Å². The van der Waals surface area contributed by atoms with Crippen LogP contribution in [0.15, 0.2) is 23.3 Å². The molecule has 5 N–H and O–H groups in total. The highest BCUT2D eigenvalue weighted by molar-refractivity contribution is 14.0. The summed E-state index contributed by atoms with van der Waals surface area (Å²) in [6.45, 7) is 8.67. The predicted octanol–water partition coefficient (Wildman–Crippen LogP) is 3.02. The van der Waals surface area contributed by atoms with Gasteiger partial charge in [0.1, 0.15) is 5.82 Å². The summed E-state index contributed by atoms with van der Waals surface area (Å²) in [5.41, 5.74) is 12.6. The van der Waals surface area contributed by atoms with Crippen LogP contribution < -0.4 is 21.7 Å². The molecule has 2 heterocycles. The molecule has 1 aromatic rings. The van der Waals surface area contributed by atoms with Crippen LogP contribution in [-0.4, -0.2) is 36.0 Å². The van der Waals surface area contributed by atoms with Crippen molar-refractivity contribution in [3.05, 3.63) is 23.9 Å². The average Bonchev–Trinajstić information content (AvgIpc) is 2.66. The van der Waals surface area contributed by atoms with Crippen LogP contribution in [0.25, 0.3) is 0 Å². The molecule has 8 heteroatoms. The zero-order valence-electron chi connectivity index (χ0n) is 17.9. The molecule has 1 atom stereocenters. The molecule has 1 aromatic heterocycles. The van der Waals surface area contributed by atoms with Crippen LogP contribution in [0.1, 0.15) is 58.4 Å². The van der Waals surface area contributed by atoms with Crippen molar-refractivity contribution >= 4 is 41.7 Å². The van der Waals surface area contributed by atoms with Gasteiger partial charge in [0.15, 0.2) is 5.96 Å². The smallest absolute Gasteiger partial charge is 0.220 e. The molecule has 1 unspecified atom stereocenters. The van der Waals surface area contributed by atoms with Gasteiger partial charge in [0.05, 0.1) is 6.54 Å². The first-order valence-electron chi connectivity index (χ1n) is 10.4. The summed E-state index contributed by atoms with van der Waals surface area (Å²) >= 11 is 0. The van der Waals surface area contributed by atoms with E-state index in [-0.39, 0.29) is 35.8 Å². The highest BCUT2D eigenvalue weighted by Gasteiger charge is 2.24. The van der Waals surface area contributed by atoms with Crippen molar-refractivity contribution < 1.29 is 4.79 Å². The van der Waals surface area contributed by atoms with Gasteiger partial charge in [-0.05, 0) is 38.2 Å². The molecule has 0 spiro atoms. The van der Waals surface area contributed by atoms with E-state index < -0.39 is 0 Å². The van der Waals surface area contributed by atoms with Crippen LogP contribution in [0.2, 0.25) is 0 Å². The van der Waals surface area contributed by atoms with Crippen molar-refractivity contribution in [2.24, 2.45) is 28.3 Å². The molecular weight excluding hydrogens is 479 g/mol. The van der Waals surface area contributed by atoms with Gasteiger partial charge in [0.2, 0.25) is 5.91 Å². The third kappa shape index (κ3) is 8.76. The Kier molecular flexibility index (Phi) is 11.3. The lowest BCUT2D eigenvalue weighted by molar-refractivity contribution is -0.122. The van der Waals surface area contributed by atoms with Gasteiger partial charge >= 0.3 is 0 Å². The minimum absolute atomic E-state index is 0. The number of guanidine groups is 1. The van der Waals surface area contributed by atoms with Crippen molar-refractivity contribution in [2.45, 2.75) is 65.5 Å². The van der Waals surface area contributed by atoms with E-state index in [0.717, 1.165) is 49.7 Å². The summed E-state index contributed by atoms with van der Waals surface area (Å²) in [4.78, 5) is 22.7. The molecule has 1 fully saturated rings. The van der Waals surface area contributed by atoms with E-state index in [4.69, 9.17) is 11.5 Å². The van der Waals surface area contributed by atoms with Gasteiger partial charge in [-0.1, -0.05) is 32.8 Å². The van der Waals surface area contributed by atoms with Crippen molar-refractivity contribution in [1.82, 2.24) is 10.3 Å². The van der Waals surface area contributed by atoms with E-state index in [2.05, 4.69) is 41.0 Å². The van der Waals surface area contributed by atoms with Gasteiger partial charge in [-0.25, -0.2) is 9.98 Å². The monoisotopic (exact) mass is 516 g/mol. The van der Waals surface area contributed by atoms with Crippen molar-refractivity contribution in [2.75, 3.05) is 18.0 Å². The van der Waals surface area contributed by atoms with Gasteiger partial charge in [0, 0.05) is 36.8 Å². The number of hydrogen-bond acceptors (Lipinski definition) is 4. The SMILES string of the molecule is CC(C)CCCC(C)NC(N)=NCc1cccnc1N1CCC(C(N)=O)CC1.I. The molecule has 1 saturated heterocycles. The second-order valence-electron chi connectivity index (χ2n) is 8.22. The van der Waals surface area contributed by atoms with Crippen molar-refractivity contribution in [3.8, 4) is 0 Å². The Morgan fingerprint density at radius 3 is 2.59 bits per heavy atom. The van der Waals surface area contributed by atoms with Crippen molar-refractivity contribution in [3.63, 3.8) is 0 Å². The molecule has 0 saturated carbocycles. The topological polar surface area (TPSA) is 110 Å². The lowest BCUT2D eigenvalue weighted by atomic mass is 9.96. The molecule has 1 aliphatic heterocycles. The fraction of sp³-hybridized carbons (Fsp3) is 0.667. The summed E-state index contributed by atoms with van der Waals surface area (Å²) in [5, 5.41) is 3.28. The number of nitrogens with one attached hydrogen (secondary N) is 1. The molecule has 1 aliphatic rings. The average molecular weight is 516 g/mol. The van der Waals surface area contributed by atoms with Gasteiger partial charge in [-0.15, -0.1) is 24.0 Å². The third-order valence-electron chi connectivity index (χ3n) is 5.30. The maximum atomic E-state index is 11.4. The highest BCUT2D eigenvalue weighted by atomic mass is 127. The second kappa shape index (κ2) is 12.9.